The fraction of sp³-hybridized carbons (Fsp3) is 0.529. The molecule has 1 saturated heterocycles. The maximum Gasteiger partial charge on any atom is 0.434 e. The molecule has 1 fully saturated rings. The molecule has 0 aromatic carbocycles. The van der Waals surface area contributed by atoms with Crippen molar-refractivity contribution in [1.29, 1.82) is 0 Å². The zero-order chi connectivity index (χ0) is 19.3. The average molecular weight is 545 g/mol. The molecule has 5 nitrogen and oxygen atoms in total. The fourth-order valence-electron chi connectivity index (χ4n) is 3.04. The number of likely N-dealkylation sites (tertiary alicyclic amines) is 1. The fourth-order valence-corrected chi connectivity index (χ4v) is 4.64. The molecule has 11 heteroatoms. The van der Waals surface area contributed by atoms with Crippen LogP contribution in [-0.4, -0.2) is 42.5 Å². The van der Waals surface area contributed by atoms with Gasteiger partial charge in [-0.25, -0.2) is 4.98 Å². The van der Waals surface area contributed by atoms with Gasteiger partial charge in [0, 0.05) is 23.8 Å². The van der Waals surface area contributed by atoms with Crippen LogP contribution in [0, 0.1) is 0 Å². The average Bonchev–Trinajstić information content (AvgIpc) is 3.40. The second-order valence-electron chi connectivity index (χ2n) is 6.21. The van der Waals surface area contributed by atoms with Crippen LogP contribution in [0.15, 0.2) is 27.9 Å². The Balaban J connectivity index is 0.00000280. The highest BCUT2D eigenvalue weighted by atomic mass is 127. The molecule has 0 bridgehead atoms. The predicted molar refractivity (Wildman–Crippen MR) is 119 cm³/mol. The topological polar surface area (TPSA) is 52.6 Å². The second-order valence-corrected chi connectivity index (χ2v) is 8.13. The van der Waals surface area contributed by atoms with Crippen LogP contribution >= 0.6 is 46.7 Å². The van der Waals surface area contributed by atoms with E-state index in [4.69, 9.17) is 0 Å². The van der Waals surface area contributed by atoms with Crippen molar-refractivity contribution in [1.82, 2.24) is 20.5 Å². The highest BCUT2D eigenvalue weighted by molar-refractivity contribution is 14.0. The van der Waals surface area contributed by atoms with Crippen LogP contribution in [0.5, 0.6) is 0 Å². The summed E-state index contributed by atoms with van der Waals surface area (Å²) in [4.78, 5) is 11.6. The molecular weight excluding hydrogens is 522 g/mol. The lowest BCUT2D eigenvalue weighted by Crippen LogP contribution is -2.42. The van der Waals surface area contributed by atoms with Gasteiger partial charge in [-0.15, -0.1) is 46.7 Å². The third-order valence-corrected chi connectivity index (χ3v) is 6.21. The molecule has 1 atom stereocenters. The SMILES string of the molecule is CN=C(NCc1nc(C(F)(F)F)cs1)NCC(c1cccs1)N1CCCC1.I. The lowest BCUT2D eigenvalue weighted by atomic mass is 10.2. The number of thiophene rings is 1. The van der Waals surface area contributed by atoms with Gasteiger partial charge >= 0.3 is 6.18 Å². The summed E-state index contributed by atoms with van der Waals surface area (Å²) in [6, 6.07) is 4.46. The molecule has 1 aliphatic rings. The summed E-state index contributed by atoms with van der Waals surface area (Å²) in [5.41, 5.74) is -0.848. The van der Waals surface area contributed by atoms with Gasteiger partial charge < -0.3 is 10.6 Å². The lowest BCUT2D eigenvalue weighted by molar-refractivity contribution is -0.140. The van der Waals surface area contributed by atoms with E-state index in [0.29, 0.717) is 17.5 Å². The van der Waals surface area contributed by atoms with Gasteiger partial charge in [-0.2, -0.15) is 13.2 Å². The van der Waals surface area contributed by atoms with E-state index in [0.717, 1.165) is 29.8 Å². The van der Waals surface area contributed by atoms with Gasteiger partial charge in [-0.3, -0.25) is 9.89 Å². The number of rotatable bonds is 6. The molecule has 2 aromatic rings. The Morgan fingerprint density at radius 3 is 2.61 bits per heavy atom. The lowest BCUT2D eigenvalue weighted by Gasteiger charge is -2.27. The molecule has 156 valence electrons. The van der Waals surface area contributed by atoms with Crippen LogP contribution < -0.4 is 10.6 Å². The summed E-state index contributed by atoms with van der Waals surface area (Å²) in [6.45, 7) is 3.05. The van der Waals surface area contributed by atoms with E-state index in [1.165, 1.54) is 17.7 Å². The molecule has 0 spiro atoms. The predicted octanol–water partition coefficient (Wildman–Crippen LogP) is 4.34. The first-order valence-electron chi connectivity index (χ1n) is 8.71. The summed E-state index contributed by atoms with van der Waals surface area (Å²) in [5, 5.41) is 9.83. The smallest absolute Gasteiger partial charge is 0.354 e. The summed E-state index contributed by atoms with van der Waals surface area (Å²) < 4.78 is 37.9. The van der Waals surface area contributed by atoms with Crippen molar-refractivity contribution < 1.29 is 13.2 Å². The van der Waals surface area contributed by atoms with E-state index >= 15 is 0 Å². The van der Waals surface area contributed by atoms with Crippen molar-refractivity contribution in [3.63, 3.8) is 0 Å². The number of nitrogens with one attached hydrogen (secondary N) is 2. The molecular formula is C17H23F3IN5S2. The van der Waals surface area contributed by atoms with Crippen LogP contribution in [-0.2, 0) is 12.7 Å². The third-order valence-electron chi connectivity index (χ3n) is 4.39. The molecule has 0 radical (unpaired) electrons. The molecule has 0 aliphatic carbocycles. The summed E-state index contributed by atoms with van der Waals surface area (Å²) in [7, 11) is 1.65. The minimum absolute atomic E-state index is 0. The van der Waals surface area contributed by atoms with Gasteiger partial charge in [0.2, 0.25) is 0 Å². The number of halogens is 4. The summed E-state index contributed by atoms with van der Waals surface area (Å²) in [6.07, 6.45) is -1.99. The molecule has 3 rings (SSSR count). The Morgan fingerprint density at radius 1 is 1.29 bits per heavy atom. The summed E-state index contributed by atoms with van der Waals surface area (Å²) >= 11 is 2.72. The van der Waals surface area contributed by atoms with Crippen molar-refractivity contribution in [3.05, 3.63) is 38.5 Å². The third kappa shape index (κ3) is 6.29. The van der Waals surface area contributed by atoms with Gasteiger partial charge in [0.25, 0.3) is 0 Å². The number of hydrogen-bond acceptors (Lipinski definition) is 5. The molecule has 3 heterocycles. The van der Waals surface area contributed by atoms with Crippen LogP contribution in [0.25, 0.3) is 0 Å². The Morgan fingerprint density at radius 2 is 2.04 bits per heavy atom. The molecule has 28 heavy (non-hydrogen) atoms. The van der Waals surface area contributed by atoms with Gasteiger partial charge in [0.15, 0.2) is 11.7 Å². The highest BCUT2D eigenvalue weighted by Gasteiger charge is 2.33. The molecule has 1 unspecified atom stereocenters. The molecule has 1 aliphatic heterocycles. The number of nitrogens with zero attached hydrogens (tertiary/aromatic N) is 3. The standard InChI is InChI=1S/C17H22F3N5S2.HI/c1-21-16(23-10-15-24-14(11-27-15)17(18,19)20)22-9-12(13-5-4-8-26-13)25-6-2-3-7-25;/h4-5,8,11-12H,2-3,6-7,9-10H2,1H3,(H2,21,22,23);1H. The minimum atomic E-state index is -4.40. The molecule has 2 N–H and O–H groups in total. The number of aliphatic imine (C=N–C) groups is 1. The van der Waals surface area contributed by atoms with Crippen molar-refractivity contribution in [2.45, 2.75) is 31.6 Å². The first-order valence-corrected chi connectivity index (χ1v) is 10.5. The Bertz CT molecular complexity index is 742. The number of aromatic nitrogens is 1. The van der Waals surface area contributed by atoms with Crippen LogP contribution in [0.4, 0.5) is 13.2 Å². The first-order chi connectivity index (χ1) is 13.0. The van der Waals surface area contributed by atoms with Crippen LogP contribution in [0.3, 0.4) is 0 Å². The highest BCUT2D eigenvalue weighted by Crippen LogP contribution is 2.30. The van der Waals surface area contributed by atoms with Crippen LogP contribution in [0.1, 0.15) is 34.5 Å². The largest absolute Gasteiger partial charge is 0.434 e. The zero-order valence-electron chi connectivity index (χ0n) is 15.3. The molecule has 2 aromatic heterocycles. The van der Waals surface area contributed by atoms with E-state index in [9.17, 15) is 13.2 Å². The van der Waals surface area contributed by atoms with E-state index in [2.05, 4.69) is 43.0 Å². The quantitative estimate of drug-likeness (QED) is 0.322. The minimum Gasteiger partial charge on any atom is -0.354 e. The maximum atomic E-state index is 12.6. The van der Waals surface area contributed by atoms with Gasteiger partial charge in [0.05, 0.1) is 12.6 Å². The van der Waals surface area contributed by atoms with Crippen LogP contribution in [0.2, 0.25) is 0 Å². The summed E-state index contributed by atoms with van der Waals surface area (Å²) in [5.74, 6) is 0.555. The monoisotopic (exact) mass is 545 g/mol. The van der Waals surface area contributed by atoms with Crippen molar-refractivity contribution >= 4 is 52.6 Å². The van der Waals surface area contributed by atoms with Gasteiger partial charge in [-0.1, -0.05) is 6.07 Å². The van der Waals surface area contributed by atoms with E-state index in [1.807, 2.05) is 0 Å². The normalized spacial score (nSPS) is 16.6. The van der Waals surface area contributed by atoms with Crippen molar-refractivity contribution in [2.75, 3.05) is 26.7 Å². The van der Waals surface area contributed by atoms with E-state index < -0.39 is 11.9 Å². The first kappa shape index (κ1) is 23.4. The zero-order valence-corrected chi connectivity index (χ0v) is 19.3. The number of thiazole rings is 1. The van der Waals surface area contributed by atoms with Crippen molar-refractivity contribution in [2.24, 2.45) is 4.99 Å². The van der Waals surface area contributed by atoms with Crippen molar-refractivity contribution in [3.8, 4) is 0 Å². The van der Waals surface area contributed by atoms with Gasteiger partial charge in [-0.05, 0) is 37.4 Å². The molecule has 0 amide bonds. The maximum absolute atomic E-state index is 12.6. The molecule has 0 saturated carbocycles. The van der Waals surface area contributed by atoms with E-state index in [-0.39, 0.29) is 36.6 Å². The number of alkyl halides is 3. The Hall–Kier alpha value is -0.920. The van der Waals surface area contributed by atoms with Gasteiger partial charge in [0.1, 0.15) is 5.01 Å². The Kier molecular flexibility index (Phi) is 8.96. The number of hydrogen-bond donors (Lipinski definition) is 2. The van der Waals surface area contributed by atoms with E-state index in [1.54, 1.807) is 18.4 Å². The Labute approximate surface area is 187 Å². The second kappa shape index (κ2) is 10.7. The number of guanidine groups is 1.